The Morgan fingerprint density at radius 2 is 1.71 bits per heavy atom. The molecule has 9 nitrogen and oxygen atoms in total. The van der Waals surface area contributed by atoms with E-state index in [9.17, 15) is 4.79 Å². The molecule has 3 aromatic rings. The normalized spacial score (nSPS) is 11.3. The maximum Gasteiger partial charge on any atom is 0.350 e. The molecule has 0 fully saturated rings. The largest absolute Gasteiger partial charge is 0.378 e. The zero-order chi connectivity index (χ0) is 23.8. The van der Waals surface area contributed by atoms with Crippen molar-refractivity contribution in [1.82, 2.24) is 29.1 Å². The second kappa shape index (κ2) is 8.58. The van der Waals surface area contributed by atoms with Crippen molar-refractivity contribution in [2.75, 3.05) is 38.0 Å². The Kier molecular flexibility index (Phi) is 5.45. The molecule has 0 saturated heterocycles. The highest BCUT2D eigenvalue weighted by atomic mass is 16.1. The fraction of sp³-hybridized carbons (Fsp3) is 0.240. The van der Waals surface area contributed by atoms with Crippen LogP contribution in [0.15, 0.2) is 66.0 Å². The molecule has 1 aromatic heterocycles. The van der Waals surface area contributed by atoms with E-state index in [0.29, 0.717) is 35.8 Å². The number of rotatable bonds is 6. The highest BCUT2D eigenvalue weighted by Crippen LogP contribution is 2.25. The average molecular weight is 455 g/mol. The van der Waals surface area contributed by atoms with Gasteiger partial charge in [-0.1, -0.05) is 30.3 Å². The summed E-state index contributed by atoms with van der Waals surface area (Å²) in [6.45, 7) is 0.956. The van der Waals surface area contributed by atoms with Crippen LogP contribution >= 0.6 is 0 Å². The van der Waals surface area contributed by atoms with E-state index in [0.717, 1.165) is 22.5 Å². The van der Waals surface area contributed by atoms with E-state index in [4.69, 9.17) is 0 Å². The van der Waals surface area contributed by atoms with Gasteiger partial charge in [-0.2, -0.15) is 4.98 Å². The van der Waals surface area contributed by atoms with Crippen LogP contribution in [0.3, 0.4) is 0 Å². The first kappa shape index (κ1) is 21.6. The van der Waals surface area contributed by atoms with Gasteiger partial charge in [0.05, 0.1) is 19.4 Å². The summed E-state index contributed by atoms with van der Waals surface area (Å²) in [5, 5.41) is 0. The van der Waals surface area contributed by atoms with Gasteiger partial charge in [0.2, 0.25) is 0 Å². The minimum absolute atomic E-state index is 0.349. The standard InChI is InChI=1S/C25H26N8O/c1-30(2)19-10-7-8-17(12-19)13-33-24-22(29-25(33)34)21-23(26-15-27-24)32(16-28-21)14-18-9-5-6-11-20(18)31(3)4/h5-12,15-16H,13-14H2,1-4H3. The van der Waals surface area contributed by atoms with Crippen LogP contribution in [-0.2, 0) is 13.1 Å². The van der Waals surface area contributed by atoms with Crippen molar-refractivity contribution in [1.29, 1.82) is 0 Å². The molecular formula is C25H26N8O. The fourth-order valence-corrected chi connectivity index (χ4v) is 4.17. The second-order valence-electron chi connectivity index (χ2n) is 8.66. The summed E-state index contributed by atoms with van der Waals surface area (Å²) in [4.78, 5) is 34.9. The number of anilines is 2. The number of para-hydroxylation sites is 1. The monoisotopic (exact) mass is 454 g/mol. The molecule has 0 bridgehead atoms. The van der Waals surface area contributed by atoms with Crippen LogP contribution in [0.25, 0.3) is 22.7 Å². The molecule has 0 radical (unpaired) electrons. The summed E-state index contributed by atoms with van der Waals surface area (Å²) in [5.41, 5.74) is 5.63. The van der Waals surface area contributed by atoms with Crippen LogP contribution in [0.4, 0.5) is 11.4 Å². The Labute approximate surface area is 197 Å². The predicted molar refractivity (Wildman–Crippen MR) is 134 cm³/mol. The number of imidazole rings is 2. The minimum atomic E-state index is -0.349. The number of hydrogen-bond acceptors (Lipinski definition) is 7. The molecule has 0 N–H and O–H groups in total. The molecule has 0 aliphatic carbocycles. The van der Waals surface area contributed by atoms with E-state index in [1.165, 1.54) is 6.33 Å². The molecule has 172 valence electrons. The van der Waals surface area contributed by atoms with E-state index >= 15 is 0 Å². The highest BCUT2D eigenvalue weighted by Gasteiger charge is 2.21. The lowest BCUT2D eigenvalue weighted by atomic mass is 10.1. The third kappa shape index (κ3) is 3.85. The number of benzene rings is 2. The summed E-state index contributed by atoms with van der Waals surface area (Å²) in [6.07, 6.45) is 3.22. The third-order valence-corrected chi connectivity index (χ3v) is 5.88. The molecule has 9 heteroatoms. The molecule has 0 spiro atoms. The van der Waals surface area contributed by atoms with Gasteiger partial charge in [0.15, 0.2) is 11.5 Å². The Morgan fingerprint density at radius 3 is 2.50 bits per heavy atom. The zero-order valence-corrected chi connectivity index (χ0v) is 19.7. The Bertz CT molecular complexity index is 1500. The van der Waals surface area contributed by atoms with Crippen molar-refractivity contribution >= 4 is 22.5 Å². The molecular weight excluding hydrogens is 428 g/mol. The molecule has 3 heterocycles. The second-order valence-corrected chi connectivity index (χ2v) is 8.66. The molecule has 0 amide bonds. The molecule has 2 aliphatic heterocycles. The molecule has 2 aliphatic rings. The average Bonchev–Trinajstić information content (AvgIpc) is 3.29. The van der Waals surface area contributed by atoms with Gasteiger partial charge in [-0.05, 0) is 29.3 Å². The van der Waals surface area contributed by atoms with E-state index in [1.54, 1.807) is 10.9 Å². The summed E-state index contributed by atoms with van der Waals surface area (Å²) in [5.74, 6) is 0.474. The van der Waals surface area contributed by atoms with Gasteiger partial charge >= 0.3 is 5.69 Å². The number of hydrogen-bond donors (Lipinski definition) is 0. The summed E-state index contributed by atoms with van der Waals surface area (Å²) in [6, 6.07) is 16.3. The Morgan fingerprint density at radius 1 is 0.882 bits per heavy atom. The molecule has 0 atom stereocenters. The molecule has 0 unspecified atom stereocenters. The van der Waals surface area contributed by atoms with Crippen LogP contribution in [-0.4, -0.2) is 57.3 Å². The maximum atomic E-state index is 12.9. The van der Waals surface area contributed by atoms with Crippen molar-refractivity contribution in [2.24, 2.45) is 0 Å². The number of aromatic nitrogens is 6. The van der Waals surface area contributed by atoms with Gasteiger partial charge in [-0.15, -0.1) is 0 Å². The van der Waals surface area contributed by atoms with Crippen molar-refractivity contribution in [3.63, 3.8) is 0 Å². The molecule has 2 aromatic carbocycles. The van der Waals surface area contributed by atoms with E-state index in [-0.39, 0.29) is 5.69 Å². The molecule has 34 heavy (non-hydrogen) atoms. The van der Waals surface area contributed by atoms with Crippen molar-refractivity contribution < 1.29 is 0 Å². The lowest BCUT2D eigenvalue weighted by Gasteiger charge is -2.17. The topological polar surface area (TPSA) is 85.0 Å². The Balaban J connectivity index is 1.55. The van der Waals surface area contributed by atoms with Gasteiger partial charge in [-0.25, -0.2) is 19.7 Å². The third-order valence-electron chi connectivity index (χ3n) is 5.88. The molecule has 5 rings (SSSR count). The lowest BCUT2D eigenvalue weighted by Crippen LogP contribution is -2.18. The van der Waals surface area contributed by atoms with Gasteiger partial charge in [0.1, 0.15) is 17.5 Å². The maximum absolute atomic E-state index is 12.9. The fourth-order valence-electron chi connectivity index (χ4n) is 4.17. The van der Waals surface area contributed by atoms with Crippen molar-refractivity contribution in [2.45, 2.75) is 13.1 Å². The Hall–Kier alpha value is -4.27. The SMILES string of the molecule is CN(C)c1cccc(Cn2c3ncnc4c(ncn4Cc4ccccc4N(C)C)c-3nc2=O)c1. The van der Waals surface area contributed by atoms with E-state index in [1.807, 2.05) is 68.0 Å². The zero-order valence-electron chi connectivity index (χ0n) is 19.7. The number of nitrogens with zero attached hydrogens (tertiary/aromatic N) is 8. The van der Waals surface area contributed by atoms with Crippen LogP contribution in [0, 0.1) is 0 Å². The van der Waals surface area contributed by atoms with Crippen LogP contribution < -0.4 is 15.5 Å². The van der Waals surface area contributed by atoms with Gasteiger partial charge < -0.3 is 14.4 Å². The predicted octanol–water partition coefficient (Wildman–Crippen LogP) is 2.72. The van der Waals surface area contributed by atoms with Gasteiger partial charge in [-0.3, -0.25) is 4.57 Å². The van der Waals surface area contributed by atoms with Crippen LogP contribution in [0.5, 0.6) is 0 Å². The smallest absolute Gasteiger partial charge is 0.350 e. The lowest BCUT2D eigenvalue weighted by molar-refractivity contribution is 0.757. The number of fused-ring (bicyclic) bond motifs is 3. The van der Waals surface area contributed by atoms with Gasteiger partial charge in [0, 0.05) is 39.6 Å². The van der Waals surface area contributed by atoms with Crippen LogP contribution in [0.1, 0.15) is 11.1 Å². The first-order valence-corrected chi connectivity index (χ1v) is 11.0. The first-order chi connectivity index (χ1) is 16.4. The summed E-state index contributed by atoms with van der Waals surface area (Å²) in [7, 11) is 8.02. The van der Waals surface area contributed by atoms with E-state index < -0.39 is 0 Å². The van der Waals surface area contributed by atoms with Crippen molar-refractivity contribution in [3.05, 3.63) is 82.8 Å². The molecule has 0 saturated carbocycles. The summed E-state index contributed by atoms with van der Waals surface area (Å²) < 4.78 is 3.54. The van der Waals surface area contributed by atoms with Crippen LogP contribution in [0.2, 0.25) is 0 Å². The quantitative estimate of drug-likeness (QED) is 0.390. The van der Waals surface area contributed by atoms with E-state index in [2.05, 4.69) is 43.0 Å². The summed E-state index contributed by atoms with van der Waals surface area (Å²) >= 11 is 0. The highest BCUT2D eigenvalue weighted by molar-refractivity contribution is 5.85. The van der Waals surface area contributed by atoms with Crippen molar-refractivity contribution in [3.8, 4) is 11.5 Å². The minimum Gasteiger partial charge on any atom is -0.378 e. The first-order valence-electron chi connectivity index (χ1n) is 11.0. The van der Waals surface area contributed by atoms with Gasteiger partial charge in [0.25, 0.3) is 0 Å².